The van der Waals surface area contributed by atoms with Crippen LogP contribution in [0.2, 0.25) is 0 Å². The lowest BCUT2D eigenvalue weighted by molar-refractivity contribution is -0.245. The Bertz CT molecular complexity index is 644. The SMILES string of the molecule is COc1ccc(C2=NOC(C3C(=O)OC(C)(C)OC3=O)C2)cc1. The third-order valence-electron chi connectivity index (χ3n) is 3.69. The molecule has 7 heteroatoms. The van der Waals surface area contributed by atoms with Crippen molar-refractivity contribution < 1.29 is 28.6 Å². The largest absolute Gasteiger partial charge is 0.497 e. The van der Waals surface area contributed by atoms with E-state index in [4.69, 9.17) is 19.0 Å². The van der Waals surface area contributed by atoms with Gasteiger partial charge in [-0.3, -0.25) is 9.59 Å². The predicted molar refractivity (Wildman–Crippen MR) is 78.8 cm³/mol. The number of cyclic esters (lactones) is 2. The summed E-state index contributed by atoms with van der Waals surface area (Å²) in [5.74, 6) is -2.94. The molecule has 2 heterocycles. The molecule has 0 bridgehead atoms. The van der Waals surface area contributed by atoms with Crippen LogP contribution in [0.1, 0.15) is 25.8 Å². The molecule has 1 aromatic rings. The Morgan fingerprint density at radius 2 is 1.74 bits per heavy atom. The maximum absolute atomic E-state index is 12.1. The summed E-state index contributed by atoms with van der Waals surface area (Å²) in [5, 5.41) is 3.98. The maximum Gasteiger partial charge on any atom is 0.327 e. The zero-order valence-electron chi connectivity index (χ0n) is 13.1. The van der Waals surface area contributed by atoms with Gasteiger partial charge in [-0.1, -0.05) is 5.16 Å². The van der Waals surface area contributed by atoms with Crippen LogP contribution in [0, 0.1) is 5.92 Å². The van der Waals surface area contributed by atoms with E-state index >= 15 is 0 Å². The van der Waals surface area contributed by atoms with Crippen molar-refractivity contribution in [3.05, 3.63) is 29.8 Å². The second-order valence-corrected chi connectivity index (χ2v) is 5.83. The number of methoxy groups -OCH3 is 1. The van der Waals surface area contributed by atoms with Crippen molar-refractivity contribution >= 4 is 17.7 Å². The first-order chi connectivity index (χ1) is 10.9. The maximum atomic E-state index is 12.1. The van der Waals surface area contributed by atoms with Gasteiger partial charge in [0.15, 0.2) is 12.0 Å². The van der Waals surface area contributed by atoms with E-state index < -0.39 is 29.7 Å². The van der Waals surface area contributed by atoms with E-state index in [1.165, 1.54) is 13.8 Å². The van der Waals surface area contributed by atoms with Gasteiger partial charge in [-0.2, -0.15) is 0 Å². The van der Waals surface area contributed by atoms with E-state index in [1.54, 1.807) is 19.2 Å². The molecule has 7 nitrogen and oxygen atoms in total. The normalized spacial score (nSPS) is 23.6. The summed E-state index contributed by atoms with van der Waals surface area (Å²) in [6, 6.07) is 7.28. The van der Waals surface area contributed by atoms with Crippen LogP contribution in [0.4, 0.5) is 0 Å². The van der Waals surface area contributed by atoms with Crippen molar-refractivity contribution in [1.29, 1.82) is 0 Å². The Balaban J connectivity index is 1.71. The molecule has 122 valence electrons. The van der Waals surface area contributed by atoms with Crippen LogP contribution in [0.15, 0.2) is 29.4 Å². The zero-order chi connectivity index (χ0) is 16.6. The van der Waals surface area contributed by atoms with Crippen molar-refractivity contribution in [1.82, 2.24) is 0 Å². The first kappa shape index (κ1) is 15.3. The molecule has 1 saturated heterocycles. The zero-order valence-corrected chi connectivity index (χ0v) is 13.1. The Labute approximate surface area is 133 Å². The number of hydrogen-bond acceptors (Lipinski definition) is 7. The van der Waals surface area contributed by atoms with Crippen molar-refractivity contribution in [2.75, 3.05) is 7.11 Å². The monoisotopic (exact) mass is 319 g/mol. The number of esters is 2. The highest BCUT2D eigenvalue weighted by Crippen LogP contribution is 2.31. The minimum atomic E-state index is -1.25. The van der Waals surface area contributed by atoms with E-state index in [9.17, 15) is 9.59 Å². The van der Waals surface area contributed by atoms with Gasteiger partial charge in [0.25, 0.3) is 5.79 Å². The highest BCUT2D eigenvalue weighted by Gasteiger charge is 2.50. The highest BCUT2D eigenvalue weighted by molar-refractivity contribution is 6.03. The lowest BCUT2D eigenvalue weighted by Crippen LogP contribution is -2.50. The van der Waals surface area contributed by atoms with Gasteiger partial charge >= 0.3 is 11.9 Å². The number of nitrogens with zero attached hydrogens (tertiary/aromatic N) is 1. The van der Waals surface area contributed by atoms with Crippen LogP contribution in [0.5, 0.6) is 5.75 Å². The molecular weight excluding hydrogens is 302 g/mol. The molecule has 1 fully saturated rings. The molecule has 1 aromatic carbocycles. The lowest BCUT2D eigenvalue weighted by atomic mass is 9.95. The number of hydrogen-bond donors (Lipinski definition) is 0. The number of ether oxygens (including phenoxy) is 3. The van der Waals surface area contributed by atoms with Crippen molar-refractivity contribution in [2.24, 2.45) is 11.1 Å². The summed E-state index contributed by atoms with van der Waals surface area (Å²) < 4.78 is 15.3. The summed E-state index contributed by atoms with van der Waals surface area (Å²) in [4.78, 5) is 29.4. The fourth-order valence-electron chi connectivity index (χ4n) is 2.56. The standard InChI is InChI=1S/C16H17NO6/c1-16(2)21-14(18)13(15(19)22-16)12-8-11(17-23-12)9-4-6-10(20-3)7-5-9/h4-7,12-13H,8H2,1-3H3. The van der Waals surface area contributed by atoms with E-state index in [0.717, 1.165) is 11.3 Å². The molecule has 3 rings (SSSR count). The molecule has 2 aliphatic heterocycles. The molecule has 0 spiro atoms. The van der Waals surface area contributed by atoms with Crippen LogP contribution >= 0.6 is 0 Å². The quantitative estimate of drug-likeness (QED) is 0.622. The van der Waals surface area contributed by atoms with Crippen LogP contribution in [-0.4, -0.2) is 36.7 Å². The molecule has 1 unspecified atom stereocenters. The first-order valence-corrected chi connectivity index (χ1v) is 7.22. The molecule has 0 saturated carbocycles. The Morgan fingerprint density at radius 3 is 2.30 bits per heavy atom. The summed E-state index contributed by atoms with van der Waals surface area (Å²) >= 11 is 0. The predicted octanol–water partition coefficient (Wildman–Crippen LogP) is 1.64. The molecule has 2 aliphatic rings. The van der Waals surface area contributed by atoms with Gasteiger partial charge in [-0.25, -0.2) is 0 Å². The van der Waals surface area contributed by atoms with Gasteiger partial charge in [0, 0.05) is 20.3 Å². The third-order valence-corrected chi connectivity index (χ3v) is 3.69. The van der Waals surface area contributed by atoms with E-state index in [2.05, 4.69) is 5.16 Å². The molecule has 0 aliphatic carbocycles. The summed E-state index contributed by atoms with van der Waals surface area (Å²) in [6.45, 7) is 3.02. The summed E-state index contributed by atoms with van der Waals surface area (Å²) in [6.07, 6.45) is -0.398. The topological polar surface area (TPSA) is 83.4 Å². The Kier molecular flexibility index (Phi) is 3.71. The van der Waals surface area contributed by atoms with Crippen LogP contribution < -0.4 is 4.74 Å². The van der Waals surface area contributed by atoms with Crippen molar-refractivity contribution in [3.63, 3.8) is 0 Å². The number of benzene rings is 1. The van der Waals surface area contributed by atoms with Gasteiger partial charge in [-0.15, -0.1) is 0 Å². The Morgan fingerprint density at radius 1 is 1.13 bits per heavy atom. The third kappa shape index (κ3) is 2.99. The molecule has 0 radical (unpaired) electrons. The fourth-order valence-corrected chi connectivity index (χ4v) is 2.56. The number of carbonyl (C=O) groups is 2. The molecule has 1 atom stereocenters. The highest BCUT2D eigenvalue weighted by atomic mass is 16.7. The fraction of sp³-hybridized carbons (Fsp3) is 0.438. The Hall–Kier alpha value is -2.57. The van der Waals surface area contributed by atoms with E-state index in [1.807, 2.05) is 12.1 Å². The summed E-state index contributed by atoms with van der Waals surface area (Å²) in [5.41, 5.74) is 1.49. The van der Waals surface area contributed by atoms with Gasteiger partial charge in [0.1, 0.15) is 5.75 Å². The van der Waals surface area contributed by atoms with E-state index in [-0.39, 0.29) is 0 Å². The second kappa shape index (κ2) is 5.57. The van der Waals surface area contributed by atoms with Crippen LogP contribution in [0.3, 0.4) is 0 Å². The van der Waals surface area contributed by atoms with Crippen molar-refractivity contribution in [2.45, 2.75) is 32.2 Å². The number of carbonyl (C=O) groups excluding carboxylic acids is 2. The van der Waals surface area contributed by atoms with Gasteiger partial charge in [-0.05, 0) is 29.8 Å². The van der Waals surface area contributed by atoms with Gasteiger partial charge in [0.05, 0.1) is 12.8 Å². The van der Waals surface area contributed by atoms with Crippen molar-refractivity contribution in [3.8, 4) is 5.75 Å². The molecule has 0 aromatic heterocycles. The first-order valence-electron chi connectivity index (χ1n) is 7.22. The lowest BCUT2D eigenvalue weighted by Gasteiger charge is -2.33. The number of oxime groups is 1. The second-order valence-electron chi connectivity index (χ2n) is 5.83. The summed E-state index contributed by atoms with van der Waals surface area (Å²) in [7, 11) is 1.59. The average molecular weight is 319 g/mol. The van der Waals surface area contributed by atoms with Crippen LogP contribution in [-0.2, 0) is 23.9 Å². The average Bonchev–Trinajstić information content (AvgIpc) is 2.94. The molecule has 0 amide bonds. The minimum Gasteiger partial charge on any atom is -0.497 e. The minimum absolute atomic E-state index is 0.321. The molecule has 23 heavy (non-hydrogen) atoms. The molecular formula is C16H17NO6. The van der Waals surface area contributed by atoms with E-state index in [0.29, 0.717) is 12.1 Å². The van der Waals surface area contributed by atoms with Gasteiger partial charge < -0.3 is 19.0 Å². The van der Waals surface area contributed by atoms with Gasteiger partial charge in [0.2, 0.25) is 0 Å². The number of rotatable bonds is 3. The van der Waals surface area contributed by atoms with Crippen LogP contribution in [0.25, 0.3) is 0 Å². The smallest absolute Gasteiger partial charge is 0.327 e. The molecule has 0 N–H and O–H groups in total.